The van der Waals surface area contributed by atoms with Crippen molar-refractivity contribution in [3.05, 3.63) is 48.0 Å². The Kier molecular flexibility index (Phi) is 5.22. The molecule has 0 aliphatic carbocycles. The summed E-state index contributed by atoms with van der Waals surface area (Å²) in [6, 6.07) is 6.44. The fraction of sp³-hybridized carbons (Fsp3) is 0.333. The molecule has 1 aliphatic heterocycles. The molecule has 1 aliphatic rings. The fourth-order valence-corrected chi connectivity index (χ4v) is 3.18. The second kappa shape index (κ2) is 7.81. The van der Waals surface area contributed by atoms with Crippen LogP contribution in [0.3, 0.4) is 0 Å². The summed E-state index contributed by atoms with van der Waals surface area (Å²) in [5.74, 6) is -0.256. The van der Waals surface area contributed by atoms with Gasteiger partial charge in [0, 0.05) is 5.56 Å². The molecule has 5 N–H and O–H groups in total. The number of rotatable bonds is 5. The van der Waals surface area contributed by atoms with E-state index in [-0.39, 0.29) is 23.6 Å². The molecule has 0 bridgehead atoms. The molecule has 1 aromatic carbocycles. The molecule has 4 unspecified atom stereocenters. The van der Waals surface area contributed by atoms with Crippen LogP contribution in [0.15, 0.2) is 36.9 Å². The number of carbonyl (C=O) groups excluding carboxylic acids is 1. The molecule has 11 heteroatoms. The van der Waals surface area contributed by atoms with Crippen LogP contribution in [-0.2, 0) is 11.3 Å². The Hall–Kier alpha value is -2.96. The Balaban J connectivity index is 1.61. The molecular formula is C18H19N5O6. The van der Waals surface area contributed by atoms with Gasteiger partial charge in [-0.3, -0.25) is 9.36 Å². The molecule has 4 rings (SSSR count). The number of benzene rings is 1. The molecule has 0 spiro atoms. The first-order valence-electron chi connectivity index (χ1n) is 8.84. The first kappa shape index (κ1) is 19.4. The van der Waals surface area contributed by atoms with Crippen LogP contribution in [0, 0.1) is 0 Å². The quantitative estimate of drug-likeness (QED) is 0.368. The van der Waals surface area contributed by atoms with Crippen LogP contribution in [0.4, 0.5) is 5.82 Å². The Morgan fingerprint density at radius 3 is 2.52 bits per heavy atom. The number of anilines is 1. The number of fused-ring (bicyclic) bond motifs is 1. The highest BCUT2D eigenvalue weighted by Crippen LogP contribution is 2.32. The largest absolute Gasteiger partial charge is 0.394 e. The van der Waals surface area contributed by atoms with Gasteiger partial charge < -0.3 is 30.5 Å². The van der Waals surface area contributed by atoms with Crippen LogP contribution in [0.2, 0.25) is 0 Å². The van der Waals surface area contributed by atoms with Gasteiger partial charge >= 0.3 is 0 Å². The van der Waals surface area contributed by atoms with E-state index in [4.69, 9.17) is 9.84 Å². The van der Waals surface area contributed by atoms with Gasteiger partial charge in [-0.25, -0.2) is 15.0 Å². The highest BCUT2D eigenvalue weighted by molar-refractivity contribution is 6.06. The lowest BCUT2D eigenvalue weighted by Gasteiger charge is -2.16. The number of aromatic nitrogens is 4. The Morgan fingerprint density at radius 2 is 1.86 bits per heavy atom. The maximum Gasteiger partial charge on any atom is 0.256 e. The normalized spacial score (nSPS) is 24.1. The van der Waals surface area contributed by atoms with Crippen molar-refractivity contribution < 1.29 is 30.0 Å². The summed E-state index contributed by atoms with van der Waals surface area (Å²) in [7, 11) is 0. The minimum atomic E-state index is -1.29. The van der Waals surface area contributed by atoms with E-state index < -0.39 is 37.1 Å². The second-order valence-electron chi connectivity index (χ2n) is 6.58. The third-order valence-electron chi connectivity index (χ3n) is 4.78. The number of nitrogens with zero attached hydrogens (tertiary/aromatic N) is 4. The Bertz CT molecular complexity index is 1020. The lowest BCUT2D eigenvalue weighted by Crippen LogP contribution is -2.33. The zero-order valence-electron chi connectivity index (χ0n) is 15.1. The number of aliphatic hydroxyl groups excluding tert-OH is 4. The number of nitrogens with one attached hydrogen (secondary N) is 1. The van der Waals surface area contributed by atoms with Crippen LogP contribution >= 0.6 is 0 Å². The van der Waals surface area contributed by atoms with Crippen molar-refractivity contribution in [2.24, 2.45) is 0 Å². The Morgan fingerprint density at radius 1 is 1.10 bits per heavy atom. The smallest absolute Gasteiger partial charge is 0.256 e. The monoisotopic (exact) mass is 401 g/mol. The average Bonchev–Trinajstić information content (AvgIpc) is 3.30. The number of hydrogen-bond donors (Lipinski definition) is 5. The molecule has 1 fully saturated rings. The summed E-state index contributed by atoms with van der Waals surface area (Å²) in [4.78, 5) is 24.9. The maximum absolute atomic E-state index is 12.5. The second-order valence-corrected chi connectivity index (χ2v) is 6.58. The minimum Gasteiger partial charge on any atom is -0.394 e. The average molecular weight is 401 g/mol. The summed E-state index contributed by atoms with van der Waals surface area (Å²) < 4.78 is 6.91. The van der Waals surface area contributed by atoms with Crippen LogP contribution in [0.1, 0.15) is 22.1 Å². The molecule has 3 aromatic rings. The van der Waals surface area contributed by atoms with Crippen molar-refractivity contribution in [2.45, 2.75) is 31.1 Å². The molecule has 2 aromatic heterocycles. The van der Waals surface area contributed by atoms with E-state index in [1.807, 2.05) is 0 Å². The SMILES string of the molecule is O=C(Nc1ncnc2c1ncn2C1OC(CO)C(O)C1O)c1ccc(CO)cc1. The molecule has 1 amide bonds. The van der Waals surface area contributed by atoms with Gasteiger partial charge in [0.05, 0.1) is 19.5 Å². The predicted octanol–water partition coefficient (Wildman–Crippen LogP) is -0.818. The molecule has 4 atom stereocenters. The Labute approximate surface area is 164 Å². The summed E-state index contributed by atoms with van der Waals surface area (Å²) >= 11 is 0. The zero-order chi connectivity index (χ0) is 20.5. The molecule has 11 nitrogen and oxygen atoms in total. The molecule has 152 valence electrons. The van der Waals surface area contributed by atoms with Gasteiger partial charge in [-0.05, 0) is 17.7 Å². The fourth-order valence-electron chi connectivity index (χ4n) is 3.18. The molecule has 0 radical (unpaired) electrons. The molecule has 1 saturated heterocycles. The first-order valence-corrected chi connectivity index (χ1v) is 8.84. The lowest BCUT2D eigenvalue weighted by atomic mass is 10.1. The highest BCUT2D eigenvalue weighted by atomic mass is 16.6. The summed E-state index contributed by atoms with van der Waals surface area (Å²) in [5, 5.41) is 41.2. The van der Waals surface area contributed by atoms with Crippen LogP contribution in [0.25, 0.3) is 11.2 Å². The van der Waals surface area contributed by atoms with E-state index in [1.165, 1.54) is 17.2 Å². The standard InChI is InChI=1S/C18H19N5O6/c24-5-9-1-3-10(4-2-9)17(28)22-15-12-16(20-7-19-15)23(8-21-12)18-14(27)13(26)11(6-25)29-18/h1-4,7-8,11,13-14,18,24-27H,5-6H2,(H,19,20,22,28). The van der Waals surface area contributed by atoms with Gasteiger partial charge in [-0.15, -0.1) is 0 Å². The van der Waals surface area contributed by atoms with Crippen molar-refractivity contribution >= 4 is 22.9 Å². The van der Waals surface area contributed by atoms with Gasteiger partial charge in [0.25, 0.3) is 5.91 Å². The van der Waals surface area contributed by atoms with Gasteiger partial charge in [0.2, 0.25) is 0 Å². The van der Waals surface area contributed by atoms with E-state index >= 15 is 0 Å². The van der Waals surface area contributed by atoms with E-state index in [9.17, 15) is 20.1 Å². The van der Waals surface area contributed by atoms with E-state index in [0.29, 0.717) is 11.1 Å². The zero-order valence-corrected chi connectivity index (χ0v) is 15.1. The third kappa shape index (κ3) is 3.45. The van der Waals surface area contributed by atoms with E-state index in [1.54, 1.807) is 24.3 Å². The number of hydrogen-bond acceptors (Lipinski definition) is 9. The van der Waals surface area contributed by atoms with Crippen molar-refractivity contribution in [3.63, 3.8) is 0 Å². The van der Waals surface area contributed by atoms with Gasteiger partial charge in [-0.2, -0.15) is 0 Å². The molecule has 3 heterocycles. The predicted molar refractivity (Wildman–Crippen MR) is 98.7 cm³/mol. The summed E-state index contributed by atoms with van der Waals surface area (Å²) in [6.45, 7) is -0.570. The van der Waals surface area contributed by atoms with Gasteiger partial charge in [-0.1, -0.05) is 12.1 Å². The first-order chi connectivity index (χ1) is 14.0. The minimum absolute atomic E-state index is 0.118. The van der Waals surface area contributed by atoms with Crippen LogP contribution in [-0.4, -0.2) is 70.8 Å². The molecule has 0 saturated carbocycles. The van der Waals surface area contributed by atoms with Crippen molar-refractivity contribution in [3.8, 4) is 0 Å². The number of ether oxygens (including phenoxy) is 1. The maximum atomic E-state index is 12.5. The highest BCUT2D eigenvalue weighted by Gasteiger charge is 2.44. The van der Waals surface area contributed by atoms with Crippen molar-refractivity contribution in [1.29, 1.82) is 0 Å². The van der Waals surface area contributed by atoms with Crippen LogP contribution < -0.4 is 5.32 Å². The number of aliphatic hydroxyl groups is 4. The number of carbonyl (C=O) groups is 1. The van der Waals surface area contributed by atoms with Crippen molar-refractivity contribution in [1.82, 2.24) is 19.5 Å². The summed E-state index contributed by atoms with van der Waals surface area (Å²) in [6.07, 6.45) is -1.91. The number of imidazole rings is 1. The number of amides is 1. The van der Waals surface area contributed by atoms with Crippen molar-refractivity contribution in [2.75, 3.05) is 11.9 Å². The topological polar surface area (TPSA) is 163 Å². The van der Waals surface area contributed by atoms with Gasteiger partial charge in [0.15, 0.2) is 23.2 Å². The van der Waals surface area contributed by atoms with Crippen LogP contribution in [0.5, 0.6) is 0 Å². The lowest BCUT2D eigenvalue weighted by molar-refractivity contribution is -0.0511. The van der Waals surface area contributed by atoms with E-state index in [0.717, 1.165) is 0 Å². The van der Waals surface area contributed by atoms with Gasteiger partial charge in [0.1, 0.15) is 24.6 Å². The summed E-state index contributed by atoms with van der Waals surface area (Å²) in [5.41, 5.74) is 1.60. The molecular weight excluding hydrogens is 382 g/mol. The van der Waals surface area contributed by atoms with E-state index in [2.05, 4.69) is 20.3 Å². The molecule has 29 heavy (non-hydrogen) atoms. The third-order valence-corrected chi connectivity index (χ3v) is 4.78.